The molecule has 1 aromatic rings. The van der Waals surface area contributed by atoms with Gasteiger partial charge >= 0.3 is 0 Å². The minimum atomic E-state index is -0.218. The van der Waals surface area contributed by atoms with Gasteiger partial charge in [-0.2, -0.15) is 0 Å². The molecule has 4 nitrogen and oxygen atoms in total. The largest absolute Gasteiger partial charge is 0.391 e. The number of hydrogen-bond donors (Lipinski definition) is 1. The first-order valence-electron chi connectivity index (χ1n) is 4.47. The van der Waals surface area contributed by atoms with Crippen LogP contribution in [0.15, 0.2) is 12.4 Å². The molecule has 0 aromatic carbocycles. The molecule has 0 spiro atoms. The predicted molar refractivity (Wildman–Crippen MR) is 49.6 cm³/mol. The second-order valence-corrected chi connectivity index (χ2v) is 3.45. The maximum absolute atomic E-state index is 9.32. The molecule has 1 aliphatic heterocycles. The molecule has 0 bridgehead atoms. The quantitative estimate of drug-likeness (QED) is 0.676. The van der Waals surface area contributed by atoms with Crippen LogP contribution in [0.3, 0.4) is 0 Å². The number of aromatic nitrogens is 2. The fourth-order valence-corrected chi connectivity index (χ4v) is 1.47. The lowest BCUT2D eigenvalue weighted by Gasteiger charge is -2.14. The SMILES string of the molecule is Cc1cnc(N2CCC(O)C2)nc1. The maximum Gasteiger partial charge on any atom is 0.225 e. The Morgan fingerprint density at radius 2 is 2.15 bits per heavy atom. The average molecular weight is 179 g/mol. The molecule has 1 saturated heterocycles. The molecule has 4 heteroatoms. The molecule has 1 unspecified atom stereocenters. The fraction of sp³-hybridized carbons (Fsp3) is 0.556. The summed E-state index contributed by atoms with van der Waals surface area (Å²) in [5.41, 5.74) is 1.06. The van der Waals surface area contributed by atoms with Crippen LogP contribution in [0.4, 0.5) is 5.95 Å². The number of aliphatic hydroxyl groups excluding tert-OH is 1. The second-order valence-electron chi connectivity index (χ2n) is 3.45. The van der Waals surface area contributed by atoms with Crippen molar-refractivity contribution in [2.75, 3.05) is 18.0 Å². The highest BCUT2D eigenvalue weighted by Crippen LogP contribution is 2.14. The number of nitrogens with zero attached hydrogens (tertiary/aromatic N) is 3. The number of anilines is 1. The van der Waals surface area contributed by atoms with Gasteiger partial charge in [0.25, 0.3) is 0 Å². The van der Waals surface area contributed by atoms with Crippen LogP contribution in [0.25, 0.3) is 0 Å². The van der Waals surface area contributed by atoms with E-state index in [1.54, 1.807) is 12.4 Å². The van der Waals surface area contributed by atoms with E-state index in [1.165, 1.54) is 0 Å². The monoisotopic (exact) mass is 179 g/mol. The lowest BCUT2D eigenvalue weighted by Crippen LogP contribution is -2.23. The molecule has 0 aliphatic carbocycles. The lowest BCUT2D eigenvalue weighted by atomic mass is 10.3. The smallest absolute Gasteiger partial charge is 0.225 e. The summed E-state index contributed by atoms with van der Waals surface area (Å²) in [6.45, 7) is 3.47. The van der Waals surface area contributed by atoms with Gasteiger partial charge in [0.05, 0.1) is 6.10 Å². The van der Waals surface area contributed by atoms with E-state index in [-0.39, 0.29) is 6.10 Å². The third-order valence-electron chi connectivity index (χ3n) is 2.21. The van der Waals surface area contributed by atoms with Crippen LogP contribution in [0, 0.1) is 6.92 Å². The van der Waals surface area contributed by atoms with Crippen molar-refractivity contribution in [1.82, 2.24) is 9.97 Å². The Labute approximate surface area is 77.2 Å². The highest BCUT2D eigenvalue weighted by Gasteiger charge is 2.21. The highest BCUT2D eigenvalue weighted by atomic mass is 16.3. The first-order valence-corrected chi connectivity index (χ1v) is 4.47. The molecule has 1 atom stereocenters. The van der Waals surface area contributed by atoms with Crippen molar-refractivity contribution in [2.45, 2.75) is 19.4 Å². The first kappa shape index (κ1) is 8.44. The van der Waals surface area contributed by atoms with Gasteiger partial charge in [-0.3, -0.25) is 0 Å². The van der Waals surface area contributed by atoms with Crippen LogP contribution in [0.1, 0.15) is 12.0 Å². The maximum atomic E-state index is 9.32. The van der Waals surface area contributed by atoms with Gasteiger partial charge in [-0.1, -0.05) is 0 Å². The third-order valence-corrected chi connectivity index (χ3v) is 2.21. The van der Waals surface area contributed by atoms with Crippen molar-refractivity contribution < 1.29 is 5.11 Å². The standard InChI is InChI=1S/C9H13N3O/c1-7-4-10-9(11-5-7)12-3-2-8(13)6-12/h4-5,8,13H,2-3,6H2,1H3. The van der Waals surface area contributed by atoms with Crippen molar-refractivity contribution >= 4 is 5.95 Å². The van der Waals surface area contributed by atoms with Crippen LogP contribution in [-0.4, -0.2) is 34.3 Å². The van der Waals surface area contributed by atoms with Crippen LogP contribution < -0.4 is 4.90 Å². The summed E-state index contributed by atoms with van der Waals surface area (Å²) < 4.78 is 0. The molecule has 0 saturated carbocycles. The van der Waals surface area contributed by atoms with Gasteiger partial charge in [-0.25, -0.2) is 9.97 Å². The van der Waals surface area contributed by atoms with Gasteiger partial charge in [0.15, 0.2) is 0 Å². The zero-order valence-electron chi connectivity index (χ0n) is 7.64. The van der Waals surface area contributed by atoms with Gasteiger partial charge in [0.1, 0.15) is 0 Å². The summed E-state index contributed by atoms with van der Waals surface area (Å²) in [6, 6.07) is 0. The Kier molecular flexibility index (Phi) is 2.14. The first-order chi connectivity index (χ1) is 6.25. The second kappa shape index (κ2) is 3.30. The topological polar surface area (TPSA) is 49.2 Å². The molecule has 70 valence electrons. The third kappa shape index (κ3) is 1.78. The Hall–Kier alpha value is -1.16. The lowest BCUT2D eigenvalue weighted by molar-refractivity contribution is 0.198. The summed E-state index contributed by atoms with van der Waals surface area (Å²) in [5, 5.41) is 9.32. The van der Waals surface area contributed by atoms with E-state index in [1.807, 2.05) is 11.8 Å². The van der Waals surface area contributed by atoms with Crippen LogP contribution in [0.2, 0.25) is 0 Å². The van der Waals surface area contributed by atoms with Crippen LogP contribution in [0.5, 0.6) is 0 Å². The number of β-amino-alcohol motifs (C(OH)–C–C–N with tert-alkyl or cyclic N) is 1. The number of aryl methyl sites for hydroxylation is 1. The molecule has 2 heterocycles. The Morgan fingerprint density at radius 1 is 1.46 bits per heavy atom. The van der Waals surface area contributed by atoms with Crippen molar-refractivity contribution in [1.29, 1.82) is 0 Å². The summed E-state index contributed by atoms with van der Waals surface area (Å²) in [6.07, 6.45) is 4.20. The molecule has 1 aliphatic rings. The van der Waals surface area contributed by atoms with Gasteiger partial charge in [-0.05, 0) is 18.9 Å². The zero-order valence-corrected chi connectivity index (χ0v) is 7.64. The van der Waals surface area contributed by atoms with E-state index >= 15 is 0 Å². The van der Waals surface area contributed by atoms with Crippen LogP contribution >= 0.6 is 0 Å². The van der Waals surface area contributed by atoms with E-state index in [9.17, 15) is 5.11 Å². The number of rotatable bonds is 1. The molecule has 1 fully saturated rings. The predicted octanol–water partition coefficient (Wildman–Crippen LogP) is 0.356. The van der Waals surface area contributed by atoms with Crippen molar-refractivity contribution in [3.63, 3.8) is 0 Å². The van der Waals surface area contributed by atoms with Crippen molar-refractivity contribution in [2.24, 2.45) is 0 Å². The summed E-state index contributed by atoms with van der Waals surface area (Å²) >= 11 is 0. The Balaban J connectivity index is 2.13. The molecule has 1 N–H and O–H groups in total. The normalized spacial score (nSPS) is 22.3. The average Bonchev–Trinajstić information content (AvgIpc) is 2.53. The summed E-state index contributed by atoms with van der Waals surface area (Å²) in [5.74, 6) is 0.724. The van der Waals surface area contributed by atoms with Gasteiger partial charge in [0, 0.05) is 25.5 Å². The van der Waals surface area contributed by atoms with E-state index in [0.717, 1.165) is 24.5 Å². The molecular formula is C9H13N3O. The highest BCUT2D eigenvalue weighted by molar-refractivity contribution is 5.31. The van der Waals surface area contributed by atoms with Crippen molar-refractivity contribution in [3.05, 3.63) is 18.0 Å². The number of hydrogen-bond acceptors (Lipinski definition) is 4. The summed E-state index contributed by atoms with van der Waals surface area (Å²) in [7, 11) is 0. The number of aliphatic hydroxyl groups is 1. The zero-order chi connectivity index (χ0) is 9.26. The molecule has 0 radical (unpaired) electrons. The minimum Gasteiger partial charge on any atom is -0.391 e. The minimum absolute atomic E-state index is 0.218. The summed E-state index contributed by atoms with van der Waals surface area (Å²) in [4.78, 5) is 10.4. The molecule has 0 amide bonds. The molecule has 13 heavy (non-hydrogen) atoms. The van der Waals surface area contributed by atoms with Gasteiger partial charge in [0.2, 0.25) is 5.95 Å². The Morgan fingerprint density at radius 3 is 2.69 bits per heavy atom. The van der Waals surface area contributed by atoms with Crippen LogP contribution in [-0.2, 0) is 0 Å². The molecule has 2 rings (SSSR count). The Bertz CT molecular complexity index is 285. The van der Waals surface area contributed by atoms with Gasteiger partial charge < -0.3 is 10.0 Å². The van der Waals surface area contributed by atoms with E-state index in [4.69, 9.17) is 0 Å². The molecular weight excluding hydrogens is 166 g/mol. The van der Waals surface area contributed by atoms with Crippen molar-refractivity contribution in [3.8, 4) is 0 Å². The van der Waals surface area contributed by atoms with E-state index < -0.39 is 0 Å². The molecule has 1 aromatic heterocycles. The van der Waals surface area contributed by atoms with Gasteiger partial charge in [-0.15, -0.1) is 0 Å². The van der Waals surface area contributed by atoms with E-state index in [0.29, 0.717) is 6.54 Å². The fourth-order valence-electron chi connectivity index (χ4n) is 1.47. The van der Waals surface area contributed by atoms with E-state index in [2.05, 4.69) is 9.97 Å².